The van der Waals surface area contributed by atoms with Crippen LogP contribution in [0.2, 0.25) is 0 Å². The Kier molecular flexibility index (Phi) is 5.19. The van der Waals surface area contributed by atoms with Gasteiger partial charge in [-0.3, -0.25) is 4.98 Å². The molecular weight excluding hydrogens is 218 g/mol. The number of aryl methyl sites for hydroxylation is 1. The monoisotopic (exact) mass is 240 g/mol. The van der Waals surface area contributed by atoms with Crippen LogP contribution < -0.4 is 0 Å². The van der Waals surface area contributed by atoms with Crippen molar-refractivity contribution in [2.45, 2.75) is 51.9 Å². The molecule has 0 atom stereocenters. The van der Waals surface area contributed by atoms with Crippen molar-refractivity contribution in [1.29, 1.82) is 0 Å². The Morgan fingerprint density at radius 1 is 1.00 bits per heavy atom. The molecule has 0 spiro atoms. The van der Waals surface area contributed by atoms with Crippen molar-refractivity contribution < 1.29 is 0 Å². The maximum atomic E-state index is 4.48. The smallest absolute Gasteiger partial charge is 0.0708 e. The Balaban J connectivity index is 1.81. The molecule has 95 valence electrons. The third kappa shape index (κ3) is 3.83. The zero-order chi connectivity index (χ0) is 12.6. The third-order valence-corrected chi connectivity index (χ3v) is 3.36. The van der Waals surface area contributed by atoms with E-state index in [2.05, 4.69) is 30.1 Å². The Labute approximate surface area is 110 Å². The maximum absolute atomic E-state index is 4.48. The third-order valence-electron chi connectivity index (χ3n) is 3.36. The zero-order valence-electron chi connectivity index (χ0n) is 11.3. The van der Waals surface area contributed by atoms with Crippen molar-refractivity contribution in [1.82, 2.24) is 4.98 Å². The summed E-state index contributed by atoms with van der Waals surface area (Å²) in [5, 5.41) is 1.14. The van der Waals surface area contributed by atoms with Crippen molar-refractivity contribution in [3.63, 3.8) is 0 Å². The Morgan fingerprint density at radius 2 is 1.78 bits per heavy atom. The predicted octanol–water partition coefficient (Wildman–Crippen LogP) is 4.94. The highest BCUT2D eigenvalue weighted by Crippen LogP contribution is 2.14. The molecule has 0 aliphatic heterocycles. The van der Waals surface area contributed by atoms with Crippen LogP contribution in [-0.4, -0.2) is 4.98 Å². The van der Waals surface area contributed by atoms with Gasteiger partial charge in [0, 0.05) is 11.6 Å². The van der Waals surface area contributed by atoms with Gasteiger partial charge in [0.25, 0.3) is 0 Å². The minimum absolute atomic E-state index is 1.05. The van der Waals surface area contributed by atoms with Gasteiger partial charge in [0.15, 0.2) is 0 Å². The number of pyridine rings is 1. The fourth-order valence-electron chi connectivity index (χ4n) is 2.27. The molecule has 2 rings (SSSR count). The summed E-state index contributed by atoms with van der Waals surface area (Å²) in [5.74, 6) is 0. The van der Waals surface area contributed by atoms with Crippen LogP contribution in [0.1, 0.15) is 51.0 Å². The first kappa shape index (κ1) is 13.1. The van der Waals surface area contributed by atoms with Gasteiger partial charge in [0.2, 0.25) is 0 Å². The van der Waals surface area contributed by atoms with Crippen molar-refractivity contribution in [2.75, 3.05) is 0 Å². The number of aromatic nitrogens is 1. The van der Waals surface area contributed by atoms with E-state index in [0.29, 0.717) is 0 Å². The molecule has 0 saturated carbocycles. The van der Waals surface area contributed by atoms with Crippen LogP contribution in [0.5, 0.6) is 0 Å². The highest BCUT2D eigenvalue weighted by molar-refractivity contribution is 5.77. The lowest BCUT2D eigenvalue weighted by Gasteiger charge is -2.03. The number of benzene rings is 1. The highest BCUT2D eigenvalue weighted by Gasteiger charge is 1.98. The van der Waals surface area contributed by atoms with Crippen LogP contribution in [0.15, 0.2) is 30.5 Å². The molecule has 0 unspecified atom stereocenters. The van der Waals surface area contributed by atoms with Crippen LogP contribution in [0.4, 0.5) is 0 Å². The maximum Gasteiger partial charge on any atom is 0.0708 e. The SMILES string of the molecule is CCCCCCCCc1[c]c2ccccc2nc1. The van der Waals surface area contributed by atoms with E-state index >= 15 is 0 Å². The van der Waals surface area contributed by atoms with E-state index in [1.165, 1.54) is 44.1 Å². The van der Waals surface area contributed by atoms with Gasteiger partial charge in [-0.15, -0.1) is 0 Å². The van der Waals surface area contributed by atoms with Gasteiger partial charge < -0.3 is 0 Å². The van der Waals surface area contributed by atoms with Gasteiger partial charge in [-0.1, -0.05) is 57.2 Å². The van der Waals surface area contributed by atoms with Crippen molar-refractivity contribution in [3.8, 4) is 0 Å². The summed E-state index contributed by atoms with van der Waals surface area (Å²) in [7, 11) is 0. The topological polar surface area (TPSA) is 12.9 Å². The summed E-state index contributed by atoms with van der Waals surface area (Å²) in [6.45, 7) is 2.26. The summed E-state index contributed by atoms with van der Waals surface area (Å²) in [6.07, 6.45) is 11.1. The highest BCUT2D eigenvalue weighted by atomic mass is 14.6. The fourth-order valence-corrected chi connectivity index (χ4v) is 2.27. The molecule has 1 radical (unpaired) electrons. The molecule has 1 aromatic heterocycles. The van der Waals surface area contributed by atoms with Gasteiger partial charge >= 0.3 is 0 Å². The molecule has 0 aliphatic carbocycles. The van der Waals surface area contributed by atoms with Gasteiger partial charge in [-0.2, -0.15) is 0 Å². The normalized spacial score (nSPS) is 10.9. The minimum atomic E-state index is 1.05. The first-order valence-electron chi connectivity index (χ1n) is 7.16. The van der Waals surface area contributed by atoms with Gasteiger partial charge in [0.1, 0.15) is 0 Å². The summed E-state index contributed by atoms with van der Waals surface area (Å²) >= 11 is 0. The number of nitrogens with zero attached hydrogens (tertiary/aromatic N) is 1. The van der Waals surface area contributed by atoms with Gasteiger partial charge in [0.05, 0.1) is 5.52 Å². The summed E-state index contributed by atoms with van der Waals surface area (Å²) < 4.78 is 0. The van der Waals surface area contributed by atoms with E-state index in [-0.39, 0.29) is 0 Å². The second-order valence-corrected chi connectivity index (χ2v) is 4.94. The molecule has 0 saturated heterocycles. The first-order chi connectivity index (χ1) is 8.90. The lowest BCUT2D eigenvalue weighted by Crippen LogP contribution is -1.89. The van der Waals surface area contributed by atoms with E-state index in [1.54, 1.807) is 0 Å². The van der Waals surface area contributed by atoms with Crippen LogP contribution >= 0.6 is 0 Å². The molecule has 0 fully saturated rings. The van der Waals surface area contributed by atoms with E-state index in [4.69, 9.17) is 0 Å². The van der Waals surface area contributed by atoms with E-state index in [9.17, 15) is 0 Å². The number of fused-ring (bicyclic) bond motifs is 1. The van der Waals surface area contributed by atoms with Crippen LogP contribution in [0.3, 0.4) is 0 Å². The van der Waals surface area contributed by atoms with E-state index in [0.717, 1.165) is 17.3 Å². The van der Waals surface area contributed by atoms with Crippen LogP contribution in [-0.2, 0) is 6.42 Å². The van der Waals surface area contributed by atoms with E-state index in [1.807, 2.05) is 18.3 Å². The number of unbranched alkanes of at least 4 members (excludes halogenated alkanes) is 5. The summed E-state index contributed by atoms with van der Waals surface area (Å²) in [4.78, 5) is 4.48. The first-order valence-corrected chi connectivity index (χ1v) is 7.16. The average Bonchev–Trinajstić information content (AvgIpc) is 2.42. The molecule has 1 heterocycles. The molecule has 0 amide bonds. The number of hydrogen-bond donors (Lipinski definition) is 0. The summed E-state index contributed by atoms with van der Waals surface area (Å²) in [5.41, 5.74) is 2.30. The van der Waals surface area contributed by atoms with Crippen molar-refractivity contribution in [2.24, 2.45) is 0 Å². The lowest BCUT2D eigenvalue weighted by molar-refractivity contribution is 0.607. The Hall–Kier alpha value is -1.37. The Morgan fingerprint density at radius 3 is 2.67 bits per heavy atom. The van der Waals surface area contributed by atoms with Gasteiger partial charge in [-0.05, 0) is 30.5 Å². The second-order valence-electron chi connectivity index (χ2n) is 4.94. The van der Waals surface area contributed by atoms with Crippen LogP contribution in [0, 0.1) is 6.07 Å². The number of para-hydroxylation sites is 1. The minimum Gasteiger partial charge on any atom is -0.256 e. The standard InChI is InChI=1S/C17H22N/c1-2-3-4-5-6-7-10-15-13-16-11-8-9-12-17(16)18-14-15/h8-9,11-12,14H,2-7,10H2,1H3. The quantitative estimate of drug-likeness (QED) is 0.625. The van der Waals surface area contributed by atoms with Gasteiger partial charge in [-0.25, -0.2) is 0 Å². The molecule has 18 heavy (non-hydrogen) atoms. The lowest BCUT2D eigenvalue weighted by atomic mass is 10.0. The molecule has 0 bridgehead atoms. The molecule has 1 heteroatoms. The zero-order valence-corrected chi connectivity index (χ0v) is 11.3. The molecule has 0 aliphatic rings. The molecule has 1 aromatic carbocycles. The number of hydrogen-bond acceptors (Lipinski definition) is 1. The summed E-state index contributed by atoms with van der Waals surface area (Å²) in [6, 6.07) is 11.7. The molecule has 0 N–H and O–H groups in total. The average molecular weight is 240 g/mol. The predicted molar refractivity (Wildman–Crippen MR) is 77.7 cm³/mol. The van der Waals surface area contributed by atoms with Crippen molar-refractivity contribution in [3.05, 3.63) is 42.1 Å². The Bertz CT molecular complexity index is 476. The number of rotatable bonds is 7. The second kappa shape index (κ2) is 7.15. The van der Waals surface area contributed by atoms with Crippen LogP contribution in [0.25, 0.3) is 10.9 Å². The largest absolute Gasteiger partial charge is 0.256 e. The molecular formula is C17H22N. The van der Waals surface area contributed by atoms with E-state index < -0.39 is 0 Å². The molecule has 2 aromatic rings. The van der Waals surface area contributed by atoms with Crippen molar-refractivity contribution >= 4 is 10.9 Å². The molecule has 1 nitrogen and oxygen atoms in total. The fraction of sp³-hybridized carbons (Fsp3) is 0.471.